The molecule has 2 rings (SSSR count). The Balaban J connectivity index is 2.24. The molecule has 0 aliphatic heterocycles. The molecule has 3 amide bonds. The van der Waals surface area contributed by atoms with Crippen molar-refractivity contribution in [3.05, 3.63) is 35.9 Å². The lowest BCUT2D eigenvalue weighted by atomic mass is 10.2. The van der Waals surface area contributed by atoms with Crippen LogP contribution in [0, 0.1) is 5.82 Å². The minimum absolute atomic E-state index is 0.000333. The van der Waals surface area contributed by atoms with E-state index in [-0.39, 0.29) is 17.6 Å². The molecule has 10 heteroatoms. The van der Waals surface area contributed by atoms with Gasteiger partial charge in [-0.3, -0.25) is 14.7 Å². The molecule has 0 unspecified atom stereocenters. The summed E-state index contributed by atoms with van der Waals surface area (Å²) >= 11 is 1.16. The van der Waals surface area contributed by atoms with Crippen LogP contribution in [0.3, 0.4) is 0 Å². The van der Waals surface area contributed by atoms with E-state index in [1.807, 2.05) is 21.0 Å². The first-order valence-corrected chi connectivity index (χ1v) is 9.53. The number of nitrogens with zero attached hydrogens (tertiary/aromatic N) is 3. The molecule has 0 aliphatic rings. The van der Waals surface area contributed by atoms with Crippen LogP contribution in [-0.2, 0) is 4.79 Å². The molecule has 1 aromatic heterocycles. The Labute approximate surface area is 161 Å². The molecule has 0 saturated carbocycles. The number of aromatic nitrogens is 3. The zero-order valence-corrected chi connectivity index (χ0v) is 16.6. The first-order valence-electron chi connectivity index (χ1n) is 8.55. The van der Waals surface area contributed by atoms with E-state index in [4.69, 9.17) is 0 Å². The van der Waals surface area contributed by atoms with E-state index < -0.39 is 11.9 Å². The van der Waals surface area contributed by atoms with Gasteiger partial charge in [0.2, 0.25) is 5.91 Å². The number of urea groups is 1. The van der Waals surface area contributed by atoms with Crippen LogP contribution in [0.25, 0.3) is 5.69 Å². The van der Waals surface area contributed by atoms with Gasteiger partial charge in [-0.1, -0.05) is 11.8 Å². The summed E-state index contributed by atoms with van der Waals surface area (Å²) in [4.78, 5) is 24.5. The molecule has 146 valence electrons. The second kappa shape index (κ2) is 9.47. The van der Waals surface area contributed by atoms with Crippen molar-refractivity contribution < 1.29 is 18.9 Å². The van der Waals surface area contributed by atoms with Gasteiger partial charge in [-0.15, -0.1) is 10.2 Å². The number of carbonyl (C=O) groups excluding carboxylic acids is 2. The Morgan fingerprint density at radius 2 is 1.93 bits per heavy atom. The van der Waals surface area contributed by atoms with Crippen LogP contribution in [0.5, 0.6) is 0 Å². The Kier molecular flexibility index (Phi) is 7.31. The Bertz CT molecular complexity index is 793. The normalized spacial score (nSPS) is 12.1. The van der Waals surface area contributed by atoms with Crippen molar-refractivity contribution in [3.63, 3.8) is 0 Å². The fraction of sp³-hybridized carbons (Fsp3) is 0.412. The maximum Gasteiger partial charge on any atom is 0.321 e. The highest BCUT2D eigenvalue weighted by molar-refractivity contribution is 7.99. The predicted molar refractivity (Wildman–Crippen MR) is 100 cm³/mol. The lowest BCUT2D eigenvalue weighted by Crippen LogP contribution is -3.05. The molecule has 1 heterocycles. The Morgan fingerprint density at radius 3 is 2.52 bits per heavy atom. The van der Waals surface area contributed by atoms with Crippen molar-refractivity contribution in [1.29, 1.82) is 0 Å². The van der Waals surface area contributed by atoms with E-state index in [0.717, 1.165) is 16.7 Å². The maximum absolute atomic E-state index is 13.3. The molecule has 2 aromatic rings. The summed E-state index contributed by atoms with van der Waals surface area (Å²) in [5, 5.41) is 13.7. The van der Waals surface area contributed by atoms with Gasteiger partial charge < -0.3 is 10.2 Å². The first-order chi connectivity index (χ1) is 12.8. The number of thioether (sulfide) groups is 1. The van der Waals surface area contributed by atoms with Gasteiger partial charge in [0.15, 0.2) is 11.0 Å². The Morgan fingerprint density at radius 1 is 1.26 bits per heavy atom. The lowest BCUT2D eigenvalue weighted by Gasteiger charge is -2.18. The predicted octanol–water partition coefficient (Wildman–Crippen LogP) is 0.550. The highest BCUT2D eigenvalue weighted by atomic mass is 32.2. The molecule has 1 atom stereocenters. The summed E-state index contributed by atoms with van der Waals surface area (Å²) in [6.07, 6.45) is 0. The highest BCUT2D eigenvalue weighted by Crippen LogP contribution is 2.24. The van der Waals surface area contributed by atoms with Crippen molar-refractivity contribution in [2.75, 3.05) is 26.4 Å². The van der Waals surface area contributed by atoms with Crippen molar-refractivity contribution in [2.45, 2.75) is 25.0 Å². The van der Waals surface area contributed by atoms with Gasteiger partial charge in [0.25, 0.3) is 0 Å². The average Bonchev–Trinajstić information content (AvgIpc) is 3.03. The minimum Gasteiger partial charge on any atom is -0.338 e. The Hall–Kier alpha value is -2.46. The van der Waals surface area contributed by atoms with E-state index in [1.165, 1.54) is 12.1 Å². The second-order valence-electron chi connectivity index (χ2n) is 6.15. The number of halogens is 1. The lowest BCUT2D eigenvalue weighted by molar-refractivity contribution is -0.890. The zero-order chi connectivity index (χ0) is 20.0. The molecule has 27 heavy (non-hydrogen) atoms. The number of hydrogen-bond donors (Lipinski definition) is 3. The number of hydrogen-bond acceptors (Lipinski definition) is 5. The smallest absolute Gasteiger partial charge is 0.321 e. The average molecular weight is 395 g/mol. The van der Waals surface area contributed by atoms with Crippen LogP contribution in [0.4, 0.5) is 9.18 Å². The molecule has 1 aromatic carbocycles. The van der Waals surface area contributed by atoms with E-state index in [9.17, 15) is 14.0 Å². The van der Waals surface area contributed by atoms with E-state index >= 15 is 0 Å². The SMILES string of the molecule is CCNC(=O)NC(=O)CSc1nnc([C@@H](C)[NH+](C)C)n1-c1ccc(F)cc1. The van der Waals surface area contributed by atoms with E-state index in [1.54, 1.807) is 23.6 Å². The summed E-state index contributed by atoms with van der Waals surface area (Å²) in [6.45, 7) is 4.20. The fourth-order valence-electron chi connectivity index (χ4n) is 2.24. The van der Waals surface area contributed by atoms with Crippen LogP contribution in [-0.4, -0.2) is 53.1 Å². The first kappa shape index (κ1) is 20.8. The fourth-order valence-corrected chi connectivity index (χ4v) is 3.00. The second-order valence-corrected chi connectivity index (χ2v) is 7.09. The molecule has 8 nitrogen and oxygen atoms in total. The number of rotatable bonds is 7. The van der Waals surface area contributed by atoms with Crippen LogP contribution in [0.1, 0.15) is 25.7 Å². The molecule has 0 radical (unpaired) electrons. The number of imide groups is 1. The molecule has 0 aliphatic carbocycles. The summed E-state index contributed by atoms with van der Waals surface area (Å²) in [6, 6.07) is 5.50. The number of carbonyl (C=O) groups is 2. The summed E-state index contributed by atoms with van der Waals surface area (Å²) in [5.41, 5.74) is 0.705. The molecule has 0 saturated heterocycles. The minimum atomic E-state index is -0.534. The molecular formula is C17H24FN6O2S+. The monoisotopic (exact) mass is 395 g/mol. The third-order valence-electron chi connectivity index (χ3n) is 3.92. The summed E-state index contributed by atoms with van der Waals surface area (Å²) in [7, 11) is 4.00. The molecule has 0 spiro atoms. The summed E-state index contributed by atoms with van der Waals surface area (Å²) < 4.78 is 15.1. The largest absolute Gasteiger partial charge is 0.338 e. The number of amides is 3. The van der Waals surface area contributed by atoms with Crippen LogP contribution >= 0.6 is 11.8 Å². The van der Waals surface area contributed by atoms with Crippen LogP contribution < -0.4 is 15.5 Å². The van der Waals surface area contributed by atoms with E-state index in [0.29, 0.717) is 23.2 Å². The number of nitrogens with one attached hydrogen (secondary N) is 3. The molecule has 3 N–H and O–H groups in total. The van der Waals surface area contributed by atoms with Crippen molar-refractivity contribution >= 4 is 23.7 Å². The highest BCUT2D eigenvalue weighted by Gasteiger charge is 2.24. The maximum atomic E-state index is 13.3. The van der Waals surface area contributed by atoms with Gasteiger partial charge in [0.1, 0.15) is 11.9 Å². The zero-order valence-electron chi connectivity index (χ0n) is 15.7. The van der Waals surface area contributed by atoms with Crippen LogP contribution in [0.15, 0.2) is 29.4 Å². The van der Waals surface area contributed by atoms with Gasteiger partial charge in [-0.2, -0.15) is 0 Å². The van der Waals surface area contributed by atoms with Gasteiger partial charge in [-0.25, -0.2) is 9.18 Å². The van der Waals surface area contributed by atoms with Crippen molar-refractivity contribution in [1.82, 2.24) is 25.4 Å². The number of benzene rings is 1. The van der Waals surface area contributed by atoms with Crippen LogP contribution in [0.2, 0.25) is 0 Å². The van der Waals surface area contributed by atoms with Gasteiger partial charge in [-0.05, 0) is 38.1 Å². The van der Waals surface area contributed by atoms with Crippen molar-refractivity contribution in [3.8, 4) is 5.69 Å². The molecular weight excluding hydrogens is 371 g/mol. The molecule has 0 bridgehead atoms. The third-order valence-corrected chi connectivity index (χ3v) is 4.85. The van der Waals surface area contributed by atoms with Gasteiger partial charge in [0, 0.05) is 12.2 Å². The topological polar surface area (TPSA) is 93.3 Å². The van der Waals surface area contributed by atoms with Gasteiger partial charge in [0.05, 0.1) is 19.8 Å². The molecule has 0 fully saturated rings. The quantitative estimate of drug-likeness (QED) is 0.596. The standard InChI is InChI=1S/C17H23FN6O2S/c1-5-19-16(26)20-14(25)10-27-17-22-21-15(11(2)23(3)4)24(17)13-8-6-12(18)7-9-13/h6-9,11H,5,10H2,1-4H3,(H2,19,20,25,26)/p+1/t11-/m1/s1. The summed E-state index contributed by atoms with van der Waals surface area (Å²) in [5.74, 6) is -0.0736. The van der Waals surface area contributed by atoms with Crippen molar-refractivity contribution in [2.24, 2.45) is 0 Å². The number of quaternary nitrogens is 1. The third kappa shape index (κ3) is 5.51. The van der Waals surface area contributed by atoms with E-state index in [2.05, 4.69) is 20.8 Å². The van der Waals surface area contributed by atoms with Gasteiger partial charge >= 0.3 is 6.03 Å².